The zero-order chi connectivity index (χ0) is 15.7. The van der Waals surface area contributed by atoms with Crippen molar-refractivity contribution in [1.82, 2.24) is 4.90 Å². The molecule has 1 spiro atoms. The number of benzene rings is 1. The fourth-order valence-corrected chi connectivity index (χ4v) is 3.76. The molecule has 1 amide bonds. The minimum absolute atomic E-state index is 0.0625. The lowest BCUT2D eigenvalue weighted by atomic mass is 9.67. The lowest BCUT2D eigenvalue weighted by Gasteiger charge is -2.55. The van der Waals surface area contributed by atoms with Crippen molar-refractivity contribution < 1.29 is 13.9 Å². The van der Waals surface area contributed by atoms with Gasteiger partial charge >= 0.3 is 0 Å². The molecule has 4 nitrogen and oxygen atoms in total. The number of hydrogen-bond acceptors (Lipinski definition) is 3. The molecule has 3 rings (SSSR count). The number of piperidine rings is 1. The molecular weight excluding hydrogens is 283 g/mol. The maximum absolute atomic E-state index is 13.7. The molecule has 1 heterocycles. The number of aryl methyl sites for hydroxylation is 1. The smallest absolute Gasteiger partial charge is 0.260 e. The molecule has 1 saturated heterocycles. The minimum atomic E-state index is -0.433. The normalized spacial score (nSPS) is 27.6. The van der Waals surface area contributed by atoms with Crippen LogP contribution in [0.2, 0.25) is 0 Å². The third-order valence-corrected chi connectivity index (χ3v) is 4.87. The van der Waals surface area contributed by atoms with Gasteiger partial charge in [0.1, 0.15) is 0 Å². The van der Waals surface area contributed by atoms with Crippen LogP contribution in [0, 0.1) is 12.7 Å². The van der Waals surface area contributed by atoms with Crippen LogP contribution >= 0.6 is 0 Å². The van der Waals surface area contributed by atoms with Gasteiger partial charge in [0.15, 0.2) is 18.2 Å². The van der Waals surface area contributed by atoms with Crippen LogP contribution in [-0.2, 0) is 4.79 Å². The Balaban J connectivity index is 1.65. The van der Waals surface area contributed by atoms with E-state index in [9.17, 15) is 9.18 Å². The zero-order valence-electron chi connectivity index (χ0n) is 13.0. The summed E-state index contributed by atoms with van der Waals surface area (Å²) in [5.74, 6) is -0.352. The lowest BCUT2D eigenvalue weighted by Crippen LogP contribution is -2.65. The van der Waals surface area contributed by atoms with Gasteiger partial charge in [-0.05, 0) is 56.7 Å². The van der Waals surface area contributed by atoms with E-state index >= 15 is 0 Å². The van der Waals surface area contributed by atoms with Crippen LogP contribution in [0.1, 0.15) is 37.7 Å². The lowest BCUT2D eigenvalue weighted by molar-refractivity contribution is -0.148. The molecule has 0 aromatic heterocycles. The summed E-state index contributed by atoms with van der Waals surface area (Å²) in [7, 11) is 0. The van der Waals surface area contributed by atoms with E-state index < -0.39 is 5.82 Å². The van der Waals surface area contributed by atoms with Crippen LogP contribution in [0.5, 0.6) is 5.75 Å². The number of hydrogen-bond donors (Lipinski definition) is 1. The summed E-state index contributed by atoms with van der Waals surface area (Å²) in [6, 6.07) is 4.86. The molecule has 1 aromatic rings. The average Bonchev–Trinajstić information content (AvgIpc) is 2.47. The first kappa shape index (κ1) is 15.3. The van der Waals surface area contributed by atoms with E-state index in [0.29, 0.717) is 0 Å². The van der Waals surface area contributed by atoms with E-state index in [1.807, 2.05) is 11.8 Å². The number of amides is 1. The van der Waals surface area contributed by atoms with Gasteiger partial charge in [0.05, 0.1) is 0 Å². The molecule has 2 fully saturated rings. The maximum Gasteiger partial charge on any atom is 0.260 e. The molecule has 0 atom stereocenters. The van der Waals surface area contributed by atoms with Gasteiger partial charge in [-0.25, -0.2) is 4.39 Å². The summed E-state index contributed by atoms with van der Waals surface area (Å²) in [5.41, 5.74) is 6.77. The monoisotopic (exact) mass is 306 g/mol. The predicted octanol–water partition coefficient (Wildman–Crippen LogP) is 2.39. The summed E-state index contributed by atoms with van der Waals surface area (Å²) in [6.07, 6.45) is 4.92. The van der Waals surface area contributed by atoms with Gasteiger partial charge in [-0.2, -0.15) is 0 Å². The summed E-state index contributed by atoms with van der Waals surface area (Å²) < 4.78 is 19.1. The van der Waals surface area contributed by atoms with E-state index in [0.717, 1.165) is 44.2 Å². The highest BCUT2D eigenvalue weighted by atomic mass is 19.1. The molecule has 0 bridgehead atoms. The number of nitrogens with two attached hydrogens (primary N) is 1. The molecule has 1 aliphatic heterocycles. The number of nitrogens with zero attached hydrogens (tertiary/aromatic N) is 1. The molecule has 0 radical (unpaired) electrons. The first-order valence-electron chi connectivity index (χ1n) is 7.95. The second kappa shape index (κ2) is 5.88. The Labute approximate surface area is 130 Å². The topological polar surface area (TPSA) is 55.6 Å². The fraction of sp³-hybridized carbons (Fsp3) is 0.588. The molecule has 2 aliphatic rings. The summed E-state index contributed by atoms with van der Waals surface area (Å²) in [5, 5.41) is 0. The van der Waals surface area contributed by atoms with Crippen LogP contribution in [0.25, 0.3) is 0 Å². The first-order valence-corrected chi connectivity index (χ1v) is 7.95. The van der Waals surface area contributed by atoms with Crippen LogP contribution in [0.3, 0.4) is 0 Å². The third-order valence-electron chi connectivity index (χ3n) is 4.87. The molecule has 120 valence electrons. The number of ether oxygens (including phenoxy) is 1. The molecule has 1 saturated carbocycles. The van der Waals surface area contributed by atoms with Crippen molar-refractivity contribution in [2.24, 2.45) is 5.73 Å². The molecule has 5 heteroatoms. The van der Waals surface area contributed by atoms with Crippen LogP contribution < -0.4 is 10.5 Å². The Kier molecular flexibility index (Phi) is 4.08. The first-order chi connectivity index (χ1) is 10.5. The number of likely N-dealkylation sites (tertiary alicyclic amines) is 1. The SMILES string of the molecule is Cc1ccc(F)c(OCC(=O)N2CCCCC23CC(N)C3)c1. The van der Waals surface area contributed by atoms with Gasteiger partial charge in [-0.3, -0.25) is 4.79 Å². The van der Waals surface area contributed by atoms with Gasteiger partial charge < -0.3 is 15.4 Å². The highest BCUT2D eigenvalue weighted by molar-refractivity contribution is 5.79. The van der Waals surface area contributed by atoms with Crippen molar-refractivity contribution in [3.63, 3.8) is 0 Å². The summed E-state index contributed by atoms with van der Waals surface area (Å²) in [6.45, 7) is 2.51. The van der Waals surface area contributed by atoms with Crippen molar-refractivity contribution in [1.29, 1.82) is 0 Å². The molecule has 1 aromatic carbocycles. The number of carbonyl (C=O) groups excluding carboxylic acids is 1. The van der Waals surface area contributed by atoms with Crippen molar-refractivity contribution in [3.8, 4) is 5.75 Å². The van der Waals surface area contributed by atoms with Crippen LogP contribution in [0.4, 0.5) is 4.39 Å². The highest BCUT2D eigenvalue weighted by Gasteiger charge is 2.49. The van der Waals surface area contributed by atoms with E-state index in [2.05, 4.69) is 0 Å². The number of halogens is 1. The van der Waals surface area contributed by atoms with Crippen LogP contribution in [0.15, 0.2) is 18.2 Å². The molecule has 2 N–H and O–H groups in total. The largest absolute Gasteiger partial charge is 0.481 e. The molecule has 22 heavy (non-hydrogen) atoms. The van der Waals surface area contributed by atoms with Gasteiger partial charge in [-0.1, -0.05) is 6.07 Å². The Bertz CT molecular complexity index is 564. The van der Waals surface area contributed by atoms with Crippen molar-refractivity contribution in [2.75, 3.05) is 13.2 Å². The number of carbonyl (C=O) groups is 1. The standard InChI is InChI=1S/C17H23FN2O2/c1-12-4-5-14(18)15(8-12)22-11-16(21)20-7-3-2-6-17(20)9-13(19)10-17/h4-5,8,13H,2-3,6-7,9-11,19H2,1H3. The molecular formula is C17H23FN2O2. The predicted molar refractivity (Wildman–Crippen MR) is 82.1 cm³/mol. The Morgan fingerprint density at radius 1 is 1.45 bits per heavy atom. The summed E-state index contributed by atoms with van der Waals surface area (Å²) >= 11 is 0. The van der Waals surface area contributed by atoms with E-state index in [4.69, 9.17) is 10.5 Å². The van der Waals surface area contributed by atoms with Crippen molar-refractivity contribution >= 4 is 5.91 Å². The average molecular weight is 306 g/mol. The minimum Gasteiger partial charge on any atom is -0.481 e. The third kappa shape index (κ3) is 2.82. The maximum atomic E-state index is 13.7. The van der Waals surface area contributed by atoms with E-state index in [1.165, 1.54) is 6.07 Å². The Morgan fingerprint density at radius 3 is 2.95 bits per heavy atom. The van der Waals surface area contributed by atoms with Gasteiger partial charge in [-0.15, -0.1) is 0 Å². The van der Waals surface area contributed by atoms with Gasteiger partial charge in [0.25, 0.3) is 5.91 Å². The zero-order valence-corrected chi connectivity index (χ0v) is 13.0. The van der Waals surface area contributed by atoms with Crippen molar-refractivity contribution in [3.05, 3.63) is 29.6 Å². The van der Waals surface area contributed by atoms with Gasteiger partial charge in [0.2, 0.25) is 0 Å². The van der Waals surface area contributed by atoms with E-state index in [-0.39, 0.29) is 29.8 Å². The highest BCUT2D eigenvalue weighted by Crippen LogP contribution is 2.43. The fourth-order valence-electron chi connectivity index (χ4n) is 3.76. The van der Waals surface area contributed by atoms with Crippen molar-refractivity contribution in [2.45, 2.75) is 50.6 Å². The second-order valence-corrected chi connectivity index (χ2v) is 6.62. The molecule has 1 aliphatic carbocycles. The Hall–Kier alpha value is -1.62. The van der Waals surface area contributed by atoms with E-state index in [1.54, 1.807) is 12.1 Å². The number of rotatable bonds is 3. The summed E-state index contributed by atoms with van der Waals surface area (Å²) in [4.78, 5) is 14.4. The Morgan fingerprint density at radius 2 is 2.23 bits per heavy atom. The van der Waals surface area contributed by atoms with Crippen LogP contribution in [-0.4, -0.2) is 35.5 Å². The quantitative estimate of drug-likeness (QED) is 0.933. The van der Waals surface area contributed by atoms with Gasteiger partial charge in [0, 0.05) is 18.1 Å². The molecule has 0 unspecified atom stereocenters. The second-order valence-electron chi connectivity index (χ2n) is 6.62.